The summed E-state index contributed by atoms with van der Waals surface area (Å²) in [6.45, 7) is 14.7. The summed E-state index contributed by atoms with van der Waals surface area (Å²) in [5, 5.41) is 11.8. The molecule has 2 heterocycles. The number of aryl methyl sites for hydroxylation is 3. The van der Waals surface area contributed by atoms with Crippen molar-refractivity contribution in [1.82, 2.24) is 14.5 Å². The van der Waals surface area contributed by atoms with E-state index in [0.29, 0.717) is 11.4 Å². The van der Waals surface area contributed by atoms with E-state index < -0.39 is 6.85 Å². The number of benzene rings is 6. The first-order chi connectivity index (χ1) is 28.4. The molecule has 4 nitrogen and oxygen atoms in total. The number of imidazole rings is 1. The van der Waals surface area contributed by atoms with Gasteiger partial charge in [-0.25, -0.2) is 4.98 Å². The Labute approximate surface area is 362 Å². The van der Waals surface area contributed by atoms with Crippen LogP contribution in [0.25, 0.3) is 72.7 Å². The Balaban J connectivity index is 0.00000561. The van der Waals surface area contributed by atoms with Crippen LogP contribution in [0, 0.1) is 26.8 Å². The van der Waals surface area contributed by atoms with Gasteiger partial charge in [0.2, 0.25) is 0 Å². The molecule has 0 amide bonds. The Morgan fingerprint density at radius 1 is 0.621 bits per heavy atom. The first-order valence-electron chi connectivity index (χ1n) is 21.0. The molecule has 0 atom stereocenters. The van der Waals surface area contributed by atoms with E-state index in [0.717, 1.165) is 78.0 Å². The van der Waals surface area contributed by atoms with E-state index in [-0.39, 0.29) is 43.2 Å². The van der Waals surface area contributed by atoms with Crippen molar-refractivity contribution < 1.29 is 30.3 Å². The van der Waals surface area contributed by atoms with Crippen molar-refractivity contribution in [2.75, 3.05) is 0 Å². The molecule has 0 spiro atoms. The molecule has 2 aromatic heterocycles. The molecule has 0 unspecified atom stereocenters. The molecule has 0 saturated heterocycles. The van der Waals surface area contributed by atoms with Gasteiger partial charge in [0.25, 0.3) is 0 Å². The number of aromatic nitrogens is 3. The van der Waals surface area contributed by atoms with Gasteiger partial charge >= 0.3 is 0 Å². The van der Waals surface area contributed by atoms with Gasteiger partial charge in [-0.1, -0.05) is 143 Å². The molecule has 0 aliphatic carbocycles. The zero-order chi connectivity index (χ0) is 42.7. The van der Waals surface area contributed by atoms with E-state index in [4.69, 9.17) is 14.1 Å². The number of nitrogens with zero attached hydrogens (tertiary/aromatic N) is 3. The Morgan fingerprint density at radius 3 is 2.03 bits per heavy atom. The molecular formula is C53H50N3OPt-. The van der Waals surface area contributed by atoms with Crippen LogP contribution in [0.1, 0.15) is 73.5 Å². The molecule has 5 heteroatoms. The zero-order valence-corrected chi connectivity index (χ0v) is 36.6. The van der Waals surface area contributed by atoms with E-state index in [1.807, 2.05) is 74.6 Å². The van der Waals surface area contributed by atoms with Gasteiger partial charge in [-0.2, -0.15) is 0 Å². The molecule has 58 heavy (non-hydrogen) atoms. The third kappa shape index (κ3) is 7.83. The van der Waals surface area contributed by atoms with Crippen molar-refractivity contribution in [3.63, 3.8) is 0 Å². The van der Waals surface area contributed by atoms with Gasteiger partial charge in [0.15, 0.2) is 0 Å². The van der Waals surface area contributed by atoms with Crippen LogP contribution < -0.4 is 0 Å². The minimum atomic E-state index is -2.32. The van der Waals surface area contributed by atoms with Crippen LogP contribution >= 0.6 is 0 Å². The van der Waals surface area contributed by atoms with E-state index in [9.17, 15) is 5.11 Å². The average Bonchev–Trinajstić information content (AvgIpc) is 3.60. The maximum atomic E-state index is 11.8. The molecule has 0 aliphatic rings. The van der Waals surface area contributed by atoms with Crippen LogP contribution in [-0.4, -0.2) is 19.6 Å². The van der Waals surface area contributed by atoms with Crippen molar-refractivity contribution in [2.24, 2.45) is 0 Å². The predicted molar refractivity (Wildman–Crippen MR) is 238 cm³/mol. The third-order valence-electron chi connectivity index (χ3n) is 10.8. The van der Waals surface area contributed by atoms with Gasteiger partial charge in [-0.15, -0.1) is 29.3 Å². The Bertz CT molecular complexity index is 2900. The van der Waals surface area contributed by atoms with Crippen molar-refractivity contribution in [1.29, 1.82) is 0 Å². The van der Waals surface area contributed by atoms with Crippen LogP contribution in [0.2, 0.25) is 0 Å². The van der Waals surface area contributed by atoms with Crippen molar-refractivity contribution in [2.45, 2.75) is 73.1 Å². The third-order valence-corrected chi connectivity index (χ3v) is 10.8. The summed E-state index contributed by atoms with van der Waals surface area (Å²) < 4.78 is 27.2. The van der Waals surface area contributed by atoms with E-state index in [2.05, 4.69) is 113 Å². The molecule has 1 N–H and O–H groups in total. The second-order valence-electron chi connectivity index (χ2n) is 17.2. The molecule has 294 valence electrons. The summed E-state index contributed by atoms with van der Waals surface area (Å²) in [6, 6.07) is 46.3. The quantitative estimate of drug-likeness (QED) is 0.169. The van der Waals surface area contributed by atoms with Gasteiger partial charge in [0.05, 0.1) is 22.3 Å². The summed E-state index contributed by atoms with van der Waals surface area (Å²) in [5.41, 5.74) is 14.1. The number of phenolic OH excluding ortho intramolecular Hbond substituents is 1. The second-order valence-corrected chi connectivity index (χ2v) is 17.2. The number of pyridine rings is 1. The largest absolute Gasteiger partial charge is 0.507 e. The van der Waals surface area contributed by atoms with Crippen LogP contribution in [-0.2, 0) is 31.9 Å². The van der Waals surface area contributed by atoms with E-state index >= 15 is 0 Å². The first kappa shape index (κ1) is 36.7. The Kier molecular flexibility index (Phi) is 9.91. The molecule has 8 aromatic rings. The van der Waals surface area contributed by atoms with Crippen LogP contribution in [0.5, 0.6) is 5.75 Å². The van der Waals surface area contributed by atoms with Crippen molar-refractivity contribution in [3.8, 4) is 67.5 Å². The molecule has 0 bridgehead atoms. The van der Waals surface area contributed by atoms with Gasteiger partial charge in [-0.3, -0.25) is 9.55 Å². The monoisotopic (exact) mass is 942 g/mol. The number of aromatic hydroxyl groups is 1. The number of hydrogen-bond acceptors (Lipinski definition) is 3. The predicted octanol–water partition coefficient (Wildman–Crippen LogP) is 13.8. The first-order valence-corrected chi connectivity index (χ1v) is 19.5. The minimum Gasteiger partial charge on any atom is -0.507 e. The molecule has 0 fully saturated rings. The molecule has 6 aromatic carbocycles. The maximum Gasteiger partial charge on any atom is 0.148 e. The number of para-hydroxylation sites is 1. The topological polar surface area (TPSA) is 50.9 Å². The number of rotatable bonds is 6. The Morgan fingerprint density at radius 2 is 1.33 bits per heavy atom. The molecule has 0 aliphatic heterocycles. The summed E-state index contributed by atoms with van der Waals surface area (Å²) in [7, 11) is 0. The SMILES string of the molecule is [2H]C([2H])([2H])c1ccc(-n2c(-c3cc(C)cc(C)c3O)nc3c(-c4[c-]c(-c5cc(-c6ccccc6)ccn5)cc(C(C)(C)C)c4)cccc32)c(-c2ccc(C(C)(C)C)cc2)c1.[Pt]. The zero-order valence-electron chi connectivity index (χ0n) is 37.3. The number of phenols is 1. The van der Waals surface area contributed by atoms with Gasteiger partial charge in [-0.05, 0) is 95.2 Å². The van der Waals surface area contributed by atoms with Gasteiger partial charge in [0.1, 0.15) is 11.6 Å². The average molecular weight is 943 g/mol. The van der Waals surface area contributed by atoms with Crippen LogP contribution in [0.4, 0.5) is 0 Å². The van der Waals surface area contributed by atoms with E-state index in [1.54, 1.807) is 12.1 Å². The fraction of sp³-hybridized carbons (Fsp3) is 0.208. The number of hydrogen-bond donors (Lipinski definition) is 1. The maximum absolute atomic E-state index is 11.8. The molecule has 0 saturated carbocycles. The minimum absolute atomic E-state index is 0. The molecule has 0 radical (unpaired) electrons. The fourth-order valence-electron chi connectivity index (χ4n) is 7.66. The van der Waals surface area contributed by atoms with Gasteiger partial charge < -0.3 is 5.11 Å². The van der Waals surface area contributed by atoms with Crippen LogP contribution in [0.15, 0.2) is 134 Å². The summed E-state index contributed by atoms with van der Waals surface area (Å²) in [6.07, 6.45) is 1.85. The fourth-order valence-corrected chi connectivity index (χ4v) is 7.66. The smallest absolute Gasteiger partial charge is 0.148 e. The summed E-state index contributed by atoms with van der Waals surface area (Å²) in [4.78, 5) is 10.3. The van der Waals surface area contributed by atoms with Crippen molar-refractivity contribution in [3.05, 3.63) is 167 Å². The van der Waals surface area contributed by atoms with Crippen LogP contribution in [0.3, 0.4) is 0 Å². The normalized spacial score (nSPS) is 12.8. The summed E-state index contributed by atoms with van der Waals surface area (Å²) in [5.74, 6) is 0.683. The summed E-state index contributed by atoms with van der Waals surface area (Å²) >= 11 is 0. The molecule has 8 rings (SSSR count). The Hall–Kier alpha value is -5.57. The van der Waals surface area contributed by atoms with E-state index in [1.165, 1.54) is 5.56 Å². The number of fused-ring (bicyclic) bond motifs is 1. The second kappa shape index (κ2) is 15.6. The van der Waals surface area contributed by atoms with Gasteiger partial charge in [0, 0.05) is 42.6 Å². The standard InChI is InChI=1S/C53H50N3O.Pt/c1-33-18-23-47(44(27-33)37-19-21-41(22-20-37)52(4,5)6)56-48-17-13-16-43(49(48)55-51(56)45-28-34(2)26-35(3)50(45)57)39-29-40(31-42(30-39)53(7,8)9)46-32-38(24-25-54-46)36-14-11-10-12-15-36;/h10-28,30-32,57H,1-9H3;/q-1;/i1D3;. The molecular weight excluding hydrogens is 890 g/mol. The van der Waals surface area contributed by atoms with Crippen molar-refractivity contribution >= 4 is 11.0 Å².